The normalized spacial score (nSPS) is 29.7. The van der Waals surface area contributed by atoms with Gasteiger partial charge < -0.3 is 4.90 Å². The molecule has 0 aromatic carbocycles. The van der Waals surface area contributed by atoms with Crippen LogP contribution in [0.1, 0.15) is 27.2 Å². The Hall–Kier alpha value is -0.0400. The SMILES string of the molecule is CC(C)C(C)[C@@H]1CCN(C)C1. The van der Waals surface area contributed by atoms with Crippen molar-refractivity contribution >= 4 is 0 Å². The molecule has 2 atom stereocenters. The quantitative estimate of drug-likeness (QED) is 0.591. The summed E-state index contributed by atoms with van der Waals surface area (Å²) in [6.45, 7) is 9.70. The second-order valence-corrected chi connectivity index (χ2v) is 4.41. The molecule has 0 aliphatic carbocycles. The van der Waals surface area contributed by atoms with Gasteiger partial charge in [0.05, 0.1) is 0 Å². The van der Waals surface area contributed by atoms with Crippen molar-refractivity contribution in [2.75, 3.05) is 20.1 Å². The highest BCUT2D eigenvalue weighted by molar-refractivity contribution is 4.78. The first kappa shape index (κ1) is 9.05. The predicted octanol–water partition coefficient (Wildman–Crippen LogP) is 2.23. The Morgan fingerprint density at radius 1 is 1.27 bits per heavy atom. The van der Waals surface area contributed by atoms with Crippen LogP contribution in [0.3, 0.4) is 0 Å². The molecule has 1 saturated heterocycles. The summed E-state index contributed by atoms with van der Waals surface area (Å²) in [5.74, 6) is 2.71. The Labute approximate surface area is 70.8 Å². The van der Waals surface area contributed by atoms with Crippen LogP contribution in [0, 0.1) is 17.8 Å². The molecule has 0 spiro atoms. The highest BCUT2D eigenvalue weighted by Crippen LogP contribution is 2.27. The second kappa shape index (κ2) is 3.57. The van der Waals surface area contributed by atoms with E-state index in [4.69, 9.17) is 0 Å². The summed E-state index contributed by atoms with van der Waals surface area (Å²) in [4.78, 5) is 2.45. The standard InChI is InChI=1S/C10H21N/c1-8(2)9(3)10-5-6-11(4)7-10/h8-10H,5-7H2,1-4H3/t9?,10-/m1/s1. The van der Waals surface area contributed by atoms with Gasteiger partial charge in [0.25, 0.3) is 0 Å². The van der Waals surface area contributed by atoms with Crippen LogP contribution in [-0.4, -0.2) is 25.0 Å². The van der Waals surface area contributed by atoms with Gasteiger partial charge in [0.2, 0.25) is 0 Å². The molecule has 66 valence electrons. The fourth-order valence-electron chi connectivity index (χ4n) is 1.94. The molecule has 1 aliphatic rings. The first-order chi connectivity index (χ1) is 5.11. The van der Waals surface area contributed by atoms with Crippen LogP contribution >= 0.6 is 0 Å². The average Bonchev–Trinajstić information content (AvgIpc) is 2.34. The summed E-state index contributed by atoms with van der Waals surface area (Å²) in [7, 11) is 2.23. The Bertz CT molecular complexity index is 120. The maximum absolute atomic E-state index is 2.45. The maximum atomic E-state index is 2.45. The Morgan fingerprint density at radius 2 is 1.91 bits per heavy atom. The van der Waals surface area contributed by atoms with Crippen molar-refractivity contribution in [3.8, 4) is 0 Å². The molecular weight excluding hydrogens is 134 g/mol. The van der Waals surface area contributed by atoms with E-state index < -0.39 is 0 Å². The molecule has 0 aromatic rings. The van der Waals surface area contributed by atoms with E-state index in [1.807, 2.05) is 0 Å². The van der Waals surface area contributed by atoms with Gasteiger partial charge in [0, 0.05) is 6.54 Å². The molecule has 0 N–H and O–H groups in total. The second-order valence-electron chi connectivity index (χ2n) is 4.41. The Kier molecular flexibility index (Phi) is 2.94. The van der Waals surface area contributed by atoms with Crippen LogP contribution in [0.25, 0.3) is 0 Å². The molecule has 1 rings (SSSR count). The summed E-state index contributed by atoms with van der Waals surface area (Å²) in [6, 6.07) is 0. The lowest BCUT2D eigenvalue weighted by atomic mass is 9.84. The van der Waals surface area contributed by atoms with Gasteiger partial charge in [-0.2, -0.15) is 0 Å². The van der Waals surface area contributed by atoms with Gasteiger partial charge in [-0.25, -0.2) is 0 Å². The Morgan fingerprint density at radius 3 is 2.27 bits per heavy atom. The first-order valence-electron chi connectivity index (χ1n) is 4.79. The third-order valence-corrected chi connectivity index (χ3v) is 3.22. The van der Waals surface area contributed by atoms with Crippen LogP contribution < -0.4 is 0 Å². The van der Waals surface area contributed by atoms with E-state index in [9.17, 15) is 0 Å². The van der Waals surface area contributed by atoms with E-state index in [1.165, 1.54) is 19.5 Å². The summed E-state index contributed by atoms with van der Waals surface area (Å²) >= 11 is 0. The van der Waals surface area contributed by atoms with Crippen molar-refractivity contribution < 1.29 is 0 Å². The van der Waals surface area contributed by atoms with E-state index in [0.29, 0.717) is 0 Å². The molecule has 1 aliphatic heterocycles. The van der Waals surface area contributed by atoms with Gasteiger partial charge in [-0.3, -0.25) is 0 Å². The van der Waals surface area contributed by atoms with Crippen LogP contribution in [0.15, 0.2) is 0 Å². The van der Waals surface area contributed by atoms with Gasteiger partial charge >= 0.3 is 0 Å². The molecule has 11 heavy (non-hydrogen) atoms. The van der Waals surface area contributed by atoms with Crippen molar-refractivity contribution in [2.24, 2.45) is 17.8 Å². The lowest BCUT2D eigenvalue weighted by Crippen LogP contribution is -2.20. The molecule has 1 unspecified atom stereocenters. The number of hydrogen-bond acceptors (Lipinski definition) is 1. The average molecular weight is 155 g/mol. The first-order valence-corrected chi connectivity index (χ1v) is 4.79. The topological polar surface area (TPSA) is 3.24 Å². The minimum atomic E-state index is 0.853. The van der Waals surface area contributed by atoms with E-state index in [0.717, 1.165) is 17.8 Å². The van der Waals surface area contributed by atoms with E-state index in [1.54, 1.807) is 0 Å². The zero-order chi connectivity index (χ0) is 8.43. The van der Waals surface area contributed by atoms with Crippen LogP contribution in [0.2, 0.25) is 0 Å². The fraction of sp³-hybridized carbons (Fsp3) is 1.00. The smallest absolute Gasteiger partial charge is 0.000973 e. The minimum Gasteiger partial charge on any atom is -0.306 e. The number of rotatable bonds is 2. The maximum Gasteiger partial charge on any atom is 0.000973 e. The zero-order valence-electron chi connectivity index (χ0n) is 8.30. The van der Waals surface area contributed by atoms with Gasteiger partial charge in [0.1, 0.15) is 0 Å². The van der Waals surface area contributed by atoms with E-state index >= 15 is 0 Å². The van der Waals surface area contributed by atoms with Crippen LogP contribution in [0.4, 0.5) is 0 Å². The molecular formula is C10H21N. The molecule has 1 heteroatoms. The molecule has 1 fully saturated rings. The van der Waals surface area contributed by atoms with Gasteiger partial charge in [-0.1, -0.05) is 20.8 Å². The number of hydrogen-bond donors (Lipinski definition) is 0. The third-order valence-electron chi connectivity index (χ3n) is 3.22. The van der Waals surface area contributed by atoms with E-state index in [2.05, 4.69) is 32.7 Å². The number of likely N-dealkylation sites (tertiary alicyclic amines) is 1. The molecule has 0 amide bonds. The van der Waals surface area contributed by atoms with Crippen molar-refractivity contribution in [3.05, 3.63) is 0 Å². The van der Waals surface area contributed by atoms with Crippen LogP contribution in [-0.2, 0) is 0 Å². The van der Waals surface area contributed by atoms with E-state index in [-0.39, 0.29) is 0 Å². The number of nitrogens with zero attached hydrogens (tertiary/aromatic N) is 1. The van der Waals surface area contributed by atoms with Crippen LogP contribution in [0.5, 0.6) is 0 Å². The fourth-order valence-corrected chi connectivity index (χ4v) is 1.94. The van der Waals surface area contributed by atoms with Crippen molar-refractivity contribution in [1.29, 1.82) is 0 Å². The highest BCUT2D eigenvalue weighted by Gasteiger charge is 2.26. The molecule has 1 nitrogen and oxygen atoms in total. The Balaban J connectivity index is 2.36. The monoisotopic (exact) mass is 155 g/mol. The summed E-state index contributed by atoms with van der Waals surface area (Å²) in [5.41, 5.74) is 0. The predicted molar refractivity (Wildman–Crippen MR) is 49.6 cm³/mol. The summed E-state index contributed by atoms with van der Waals surface area (Å²) in [6.07, 6.45) is 1.41. The molecule has 0 aromatic heterocycles. The van der Waals surface area contributed by atoms with Gasteiger partial charge in [0.15, 0.2) is 0 Å². The zero-order valence-corrected chi connectivity index (χ0v) is 8.30. The molecule has 0 saturated carbocycles. The lowest BCUT2D eigenvalue weighted by molar-refractivity contribution is 0.274. The highest BCUT2D eigenvalue weighted by atomic mass is 15.1. The molecule has 1 heterocycles. The summed E-state index contributed by atoms with van der Waals surface area (Å²) < 4.78 is 0. The van der Waals surface area contributed by atoms with Crippen molar-refractivity contribution in [3.63, 3.8) is 0 Å². The van der Waals surface area contributed by atoms with Gasteiger partial charge in [-0.05, 0) is 37.8 Å². The third kappa shape index (κ3) is 2.19. The van der Waals surface area contributed by atoms with Crippen molar-refractivity contribution in [1.82, 2.24) is 4.90 Å². The minimum absolute atomic E-state index is 0.853. The lowest BCUT2D eigenvalue weighted by Gasteiger charge is -2.22. The largest absolute Gasteiger partial charge is 0.306 e. The van der Waals surface area contributed by atoms with Crippen molar-refractivity contribution in [2.45, 2.75) is 27.2 Å². The molecule has 0 bridgehead atoms. The molecule has 0 radical (unpaired) electrons. The van der Waals surface area contributed by atoms with Gasteiger partial charge in [-0.15, -0.1) is 0 Å². The summed E-state index contributed by atoms with van der Waals surface area (Å²) in [5, 5.41) is 0.